The summed E-state index contributed by atoms with van der Waals surface area (Å²) < 4.78 is 0. The molecular weight excluding hydrogens is 252 g/mol. The van der Waals surface area contributed by atoms with Gasteiger partial charge < -0.3 is 15.5 Å². The summed E-state index contributed by atoms with van der Waals surface area (Å²) in [6.07, 6.45) is 0. The third-order valence-electron chi connectivity index (χ3n) is 4.17. The molecule has 0 aromatic carbocycles. The summed E-state index contributed by atoms with van der Waals surface area (Å²) in [7, 11) is 0. The van der Waals surface area contributed by atoms with E-state index in [-0.39, 0.29) is 0 Å². The van der Waals surface area contributed by atoms with Crippen LogP contribution >= 0.6 is 0 Å². The molecule has 1 aromatic rings. The number of nitrogens with one attached hydrogen (secondary N) is 2. The molecule has 4 N–H and O–H groups in total. The van der Waals surface area contributed by atoms with E-state index in [4.69, 9.17) is 10.8 Å². The molecule has 1 aromatic heterocycles. The molecule has 0 bridgehead atoms. The standard InChI is InChI=1S/C14H24N6/c1-10(2)12-9-19(7-8-20(12)15)13-4-3-11-14(18-13)17-6-5-16-11/h3-4,10,12,16H,5-9,15H2,1-2H3,(H,17,18). The van der Waals surface area contributed by atoms with E-state index in [1.54, 1.807) is 0 Å². The summed E-state index contributed by atoms with van der Waals surface area (Å²) in [6, 6.07) is 4.60. The smallest absolute Gasteiger partial charge is 0.151 e. The van der Waals surface area contributed by atoms with Crippen molar-refractivity contribution in [1.82, 2.24) is 9.99 Å². The van der Waals surface area contributed by atoms with Crippen LogP contribution in [0.3, 0.4) is 0 Å². The molecule has 0 aliphatic carbocycles. The van der Waals surface area contributed by atoms with Crippen LogP contribution in [0.4, 0.5) is 17.3 Å². The number of hydrogen-bond donors (Lipinski definition) is 3. The van der Waals surface area contributed by atoms with Gasteiger partial charge in [0.05, 0.1) is 5.69 Å². The Labute approximate surface area is 120 Å². The van der Waals surface area contributed by atoms with Gasteiger partial charge in [-0.15, -0.1) is 0 Å². The van der Waals surface area contributed by atoms with E-state index in [1.807, 2.05) is 5.01 Å². The molecule has 20 heavy (non-hydrogen) atoms. The number of fused-ring (bicyclic) bond motifs is 1. The molecule has 6 heteroatoms. The second kappa shape index (κ2) is 5.46. The molecule has 110 valence electrons. The molecule has 1 fully saturated rings. The molecule has 1 unspecified atom stereocenters. The van der Waals surface area contributed by atoms with Crippen molar-refractivity contribution in [2.45, 2.75) is 19.9 Å². The van der Waals surface area contributed by atoms with Crippen LogP contribution in [-0.2, 0) is 0 Å². The maximum atomic E-state index is 6.09. The van der Waals surface area contributed by atoms with Crippen LogP contribution in [0, 0.1) is 5.92 Å². The van der Waals surface area contributed by atoms with Gasteiger partial charge in [-0.2, -0.15) is 0 Å². The van der Waals surface area contributed by atoms with Crippen molar-refractivity contribution >= 4 is 17.3 Å². The number of piperazine rings is 1. The first-order valence-electron chi connectivity index (χ1n) is 7.40. The summed E-state index contributed by atoms with van der Waals surface area (Å²) in [6.45, 7) is 9.07. The summed E-state index contributed by atoms with van der Waals surface area (Å²) >= 11 is 0. The molecule has 1 saturated heterocycles. The molecule has 1 atom stereocenters. The maximum absolute atomic E-state index is 6.09. The third kappa shape index (κ3) is 2.53. The van der Waals surface area contributed by atoms with Crippen LogP contribution < -0.4 is 21.4 Å². The van der Waals surface area contributed by atoms with Crippen molar-refractivity contribution in [3.8, 4) is 0 Å². The number of hydrazine groups is 1. The lowest BCUT2D eigenvalue weighted by Gasteiger charge is -2.41. The highest BCUT2D eigenvalue weighted by Crippen LogP contribution is 2.27. The van der Waals surface area contributed by atoms with Crippen LogP contribution in [0.5, 0.6) is 0 Å². The van der Waals surface area contributed by atoms with E-state index < -0.39 is 0 Å². The van der Waals surface area contributed by atoms with Crippen molar-refractivity contribution < 1.29 is 0 Å². The first-order chi connectivity index (χ1) is 9.65. The number of hydrogen-bond acceptors (Lipinski definition) is 6. The van der Waals surface area contributed by atoms with Gasteiger partial charge in [-0.05, 0) is 18.1 Å². The molecule has 3 heterocycles. The van der Waals surface area contributed by atoms with Gasteiger partial charge in [0.15, 0.2) is 5.82 Å². The minimum atomic E-state index is 0.382. The second-order valence-electron chi connectivity index (χ2n) is 5.91. The zero-order chi connectivity index (χ0) is 14.1. The number of pyridine rings is 1. The van der Waals surface area contributed by atoms with E-state index >= 15 is 0 Å². The van der Waals surface area contributed by atoms with Gasteiger partial charge in [-0.1, -0.05) is 13.8 Å². The fourth-order valence-electron chi connectivity index (χ4n) is 2.91. The molecular formula is C14H24N6. The van der Waals surface area contributed by atoms with Gasteiger partial charge in [-0.3, -0.25) is 5.84 Å². The minimum absolute atomic E-state index is 0.382. The first kappa shape index (κ1) is 13.5. The Hall–Kier alpha value is -1.53. The summed E-state index contributed by atoms with van der Waals surface area (Å²) in [5, 5.41) is 8.68. The van der Waals surface area contributed by atoms with Crippen molar-refractivity contribution in [3.05, 3.63) is 12.1 Å². The molecule has 3 rings (SSSR count). The van der Waals surface area contributed by atoms with Gasteiger partial charge in [0, 0.05) is 38.8 Å². The predicted molar refractivity (Wildman–Crippen MR) is 82.9 cm³/mol. The van der Waals surface area contributed by atoms with Crippen LogP contribution in [0.25, 0.3) is 0 Å². The number of nitrogens with zero attached hydrogens (tertiary/aromatic N) is 3. The third-order valence-corrected chi connectivity index (χ3v) is 4.17. The minimum Gasteiger partial charge on any atom is -0.380 e. The van der Waals surface area contributed by atoms with Gasteiger partial charge >= 0.3 is 0 Å². The fourth-order valence-corrected chi connectivity index (χ4v) is 2.91. The summed E-state index contributed by atoms with van der Waals surface area (Å²) in [5.41, 5.74) is 1.10. The lowest BCUT2D eigenvalue weighted by molar-refractivity contribution is 0.140. The highest BCUT2D eigenvalue weighted by molar-refractivity contribution is 5.69. The lowest BCUT2D eigenvalue weighted by atomic mass is 10.0. The normalized spacial score (nSPS) is 23.2. The maximum Gasteiger partial charge on any atom is 0.151 e. The Balaban J connectivity index is 1.79. The zero-order valence-electron chi connectivity index (χ0n) is 12.3. The monoisotopic (exact) mass is 276 g/mol. The average Bonchev–Trinajstić information content (AvgIpc) is 2.47. The fraction of sp³-hybridized carbons (Fsp3) is 0.643. The van der Waals surface area contributed by atoms with E-state index in [0.717, 1.165) is 50.0 Å². The van der Waals surface area contributed by atoms with Crippen LogP contribution in [0.1, 0.15) is 13.8 Å². The Morgan fingerprint density at radius 2 is 2.05 bits per heavy atom. The van der Waals surface area contributed by atoms with Gasteiger partial charge in [0.2, 0.25) is 0 Å². The topological polar surface area (TPSA) is 69.5 Å². The number of aromatic nitrogens is 1. The van der Waals surface area contributed by atoms with Gasteiger partial charge in [0.1, 0.15) is 5.82 Å². The summed E-state index contributed by atoms with van der Waals surface area (Å²) in [4.78, 5) is 7.09. The average molecular weight is 276 g/mol. The molecule has 6 nitrogen and oxygen atoms in total. The number of rotatable bonds is 2. The van der Waals surface area contributed by atoms with Gasteiger partial charge in [-0.25, -0.2) is 9.99 Å². The SMILES string of the molecule is CC(C)C1CN(c2ccc3c(n2)NCCN3)CCN1N. The Kier molecular flexibility index (Phi) is 3.67. The Morgan fingerprint density at radius 1 is 1.25 bits per heavy atom. The molecule has 2 aliphatic rings. The number of nitrogens with two attached hydrogens (primary N) is 1. The van der Waals surface area contributed by atoms with E-state index in [9.17, 15) is 0 Å². The summed E-state index contributed by atoms with van der Waals surface area (Å²) in [5.74, 6) is 8.64. The highest BCUT2D eigenvalue weighted by Gasteiger charge is 2.28. The Bertz CT molecular complexity index is 475. The van der Waals surface area contributed by atoms with Crippen molar-refractivity contribution in [1.29, 1.82) is 0 Å². The molecule has 0 saturated carbocycles. The van der Waals surface area contributed by atoms with E-state index in [2.05, 4.69) is 41.5 Å². The van der Waals surface area contributed by atoms with Crippen molar-refractivity contribution in [3.63, 3.8) is 0 Å². The largest absolute Gasteiger partial charge is 0.380 e. The quantitative estimate of drug-likeness (QED) is 0.699. The molecule has 0 spiro atoms. The Morgan fingerprint density at radius 3 is 2.85 bits per heavy atom. The molecule has 2 aliphatic heterocycles. The molecule has 0 radical (unpaired) electrons. The lowest BCUT2D eigenvalue weighted by Crippen LogP contribution is -2.58. The molecule has 0 amide bonds. The highest BCUT2D eigenvalue weighted by atomic mass is 15.5. The second-order valence-corrected chi connectivity index (χ2v) is 5.91. The van der Waals surface area contributed by atoms with Gasteiger partial charge in [0.25, 0.3) is 0 Å². The van der Waals surface area contributed by atoms with Crippen LogP contribution in [0.15, 0.2) is 12.1 Å². The van der Waals surface area contributed by atoms with Crippen LogP contribution in [0.2, 0.25) is 0 Å². The number of anilines is 3. The van der Waals surface area contributed by atoms with Crippen molar-refractivity contribution in [2.24, 2.45) is 11.8 Å². The van der Waals surface area contributed by atoms with E-state index in [1.165, 1.54) is 0 Å². The van der Waals surface area contributed by atoms with Crippen LogP contribution in [-0.4, -0.2) is 48.8 Å². The van der Waals surface area contributed by atoms with E-state index in [0.29, 0.717) is 12.0 Å². The first-order valence-corrected chi connectivity index (χ1v) is 7.40. The van der Waals surface area contributed by atoms with Crippen molar-refractivity contribution in [2.75, 3.05) is 48.3 Å². The zero-order valence-corrected chi connectivity index (χ0v) is 12.3. The predicted octanol–water partition coefficient (Wildman–Crippen LogP) is 0.939.